The van der Waals surface area contributed by atoms with Gasteiger partial charge in [0.15, 0.2) is 11.5 Å². The Morgan fingerprint density at radius 2 is 2.09 bits per heavy atom. The lowest BCUT2D eigenvalue weighted by Gasteiger charge is -2.14. The van der Waals surface area contributed by atoms with E-state index < -0.39 is 0 Å². The van der Waals surface area contributed by atoms with E-state index in [4.69, 9.17) is 4.52 Å². The lowest BCUT2D eigenvalue weighted by Crippen LogP contribution is -2.28. The second-order valence-electron chi connectivity index (χ2n) is 5.70. The molecule has 2 aromatic heterocycles. The lowest BCUT2D eigenvalue weighted by atomic mass is 9.95. The molecule has 0 radical (unpaired) electrons. The van der Waals surface area contributed by atoms with Crippen LogP contribution in [0.5, 0.6) is 0 Å². The summed E-state index contributed by atoms with van der Waals surface area (Å²) in [6.45, 7) is 1.97. The van der Waals surface area contributed by atoms with Gasteiger partial charge in [0, 0.05) is 16.0 Å². The van der Waals surface area contributed by atoms with Gasteiger partial charge in [-0.15, -0.1) is 11.3 Å². The molecule has 0 aliphatic heterocycles. The first kappa shape index (κ1) is 14.2. The average Bonchev–Trinajstić information content (AvgIpc) is 3.21. The van der Waals surface area contributed by atoms with Crippen molar-refractivity contribution in [3.05, 3.63) is 63.5 Å². The third-order valence-corrected chi connectivity index (χ3v) is 5.22. The molecule has 116 valence electrons. The van der Waals surface area contributed by atoms with Crippen molar-refractivity contribution in [2.75, 3.05) is 0 Å². The maximum Gasteiger partial charge on any atom is 0.274 e. The Morgan fingerprint density at radius 1 is 1.26 bits per heavy atom. The van der Waals surface area contributed by atoms with E-state index in [2.05, 4.69) is 15.9 Å². The fourth-order valence-electron chi connectivity index (χ4n) is 3.00. The fourth-order valence-corrected chi connectivity index (χ4v) is 3.87. The first-order valence-electron chi connectivity index (χ1n) is 7.65. The molecule has 0 saturated heterocycles. The third-order valence-electron chi connectivity index (χ3n) is 4.24. The molecule has 0 unspecified atom stereocenters. The van der Waals surface area contributed by atoms with Gasteiger partial charge >= 0.3 is 0 Å². The number of fused-ring (bicyclic) bond motifs is 3. The van der Waals surface area contributed by atoms with Crippen molar-refractivity contribution in [3.63, 3.8) is 0 Å². The van der Waals surface area contributed by atoms with Gasteiger partial charge in [-0.2, -0.15) is 0 Å². The molecule has 3 aromatic rings. The Morgan fingerprint density at radius 3 is 2.91 bits per heavy atom. The summed E-state index contributed by atoms with van der Waals surface area (Å²) in [4.78, 5) is 13.9. The second kappa shape index (κ2) is 5.66. The summed E-state index contributed by atoms with van der Waals surface area (Å²) in [6, 6.07) is 11.9. The van der Waals surface area contributed by atoms with Crippen LogP contribution in [0.15, 0.2) is 46.3 Å². The van der Waals surface area contributed by atoms with Crippen LogP contribution < -0.4 is 5.32 Å². The molecular formula is C18H16N2O2S. The van der Waals surface area contributed by atoms with Crippen molar-refractivity contribution >= 4 is 17.2 Å². The minimum atomic E-state index is -0.176. The monoisotopic (exact) mass is 324 g/mol. The number of carbonyl (C=O) groups excluding carboxylic acids is 1. The first-order valence-corrected chi connectivity index (χ1v) is 8.53. The van der Waals surface area contributed by atoms with E-state index in [1.165, 1.54) is 4.88 Å². The van der Waals surface area contributed by atoms with Crippen molar-refractivity contribution in [1.82, 2.24) is 10.5 Å². The Bertz CT molecular complexity index is 851. The largest absolute Gasteiger partial charge is 0.355 e. The van der Waals surface area contributed by atoms with E-state index in [0.29, 0.717) is 5.69 Å². The lowest BCUT2D eigenvalue weighted by molar-refractivity contribution is 0.0930. The highest BCUT2D eigenvalue weighted by Gasteiger charge is 2.28. The van der Waals surface area contributed by atoms with Gasteiger partial charge in [-0.25, -0.2) is 0 Å². The quantitative estimate of drug-likeness (QED) is 0.792. The maximum atomic E-state index is 12.6. The number of hydrogen-bond acceptors (Lipinski definition) is 4. The van der Waals surface area contributed by atoms with Crippen LogP contribution in [0, 0.1) is 0 Å². The SMILES string of the molecule is C[C@H](NC(=O)c1noc2c1CCc1sccc1-2)c1ccccc1. The number of amides is 1. The van der Waals surface area contributed by atoms with Crippen LogP contribution in [-0.2, 0) is 12.8 Å². The molecule has 0 bridgehead atoms. The molecule has 0 fully saturated rings. The summed E-state index contributed by atoms with van der Waals surface area (Å²) in [5, 5.41) is 9.10. The highest BCUT2D eigenvalue weighted by atomic mass is 32.1. The van der Waals surface area contributed by atoms with E-state index in [9.17, 15) is 4.79 Å². The first-order chi connectivity index (χ1) is 11.2. The summed E-state index contributed by atoms with van der Waals surface area (Å²) in [6.07, 6.45) is 1.74. The number of hydrogen-bond donors (Lipinski definition) is 1. The minimum absolute atomic E-state index is 0.0728. The van der Waals surface area contributed by atoms with Crippen LogP contribution in [0.1, 0.15) is 39.5 Å². The Labute approximate surface area is 138 Å². The minimum Gasteiger partial charge on any atom is -0.355 e. The van der Waals surface area contributed by atoms with Crippen LogP contribution >= 0.6 is 11.3 Å². The topological polar surface area (TPSA) is 55.1 Å². The van der Waals surface area contributed by atoms with Crippen molar-refractivity contribution in [3.8, 4) is 11.3 Å². The molecular weight excluding hydrogens is 308 g/mol. The van der Waals surface area contributed by atoms with Crippen LogP contribution in [0.2, 0.25) is 0 Å². The normalized spacial score (nSPS) is 14.0. The van der Waals surface area contributed by atoms with Gasteiger partial charge in [0.1, 0.15) is 0 Å². The van der Waals surface area contributed by atoms with Crippen LogP contribution in [0.25, 0.3) is 11.3 Å². The zero-order valence-corrected chi connectivity index (χ0v) is 13.5. The Balaban J connectivity index is 1.59. The van der Waals surface area contributed by atoms with Crippen molar-refractivity contribution < 1.29 is 9.32 Å². The molecule has 1 N–H and O–H groups in total. The van der Waals surface area contributed by atoms with E-state index in [0.717, 1.165) is 35.3 Å². The van der Waals surface area contributed by atoms with Crippen LogP contribution in [-0.4, -0.2) is 11.1 Å². The molecule has 1 atom stereocenters. The third kappa shape index (κ3) is 2.47. The second-order valence-corrected chi connectivity index (χ2v) is 6.70. The molecule has 1 amide bonds. The fraction of sp³-hybridized carbons (Fsp3) is 0.222. The molecule has 1 aromatic carbocycles. The van der Waals surface area contributed by atoms with Crippen LogP contribution in [0.3, 0.4) is 0 Å². The number of benzene rings is 1. The maximum absolute atomic E-state index is 12.6. The van der Waals surface area contributed by atoms with Gasteiger partial charge in [-0.1, -0.05) is 35.5 Å². The summed E-state index contributed by atoms with van der Waals surface area (Å²) in [7, 11) is 0. The summed E-state index contributed by atoms with van der Waals surface area (Å²) in [5.74, 6) is 0.579. The predicted molar refractivity (Wildman–Crippen MR) is 89.5 cm³/mol. The Kier molecular flexibility index (Phi) is 3.50. The smallest absolute Gasteiger partial charge is 0.274 e. The predicted octanol–water partition coefficient (Wildman–Crippen LogP) is 3.99. The standard InChI is InChI=1S/C18H16N2O2S/c1-11(12-5-3-2-4-6-12)19-18(21)16-14-7-8-15-13(9-10-23-15)17(14)22-20-16/h2-6,9-11H,7-8H2,1H3,(H,19,21)/t11-/m0/s1. The van der Waals surface area contributed by atoms with Crippen molar-refractivity contribution in [2.45, 2.75) is 25.8 Å². The van der Waals surface area contributed by atoms with E-state index in [1.54, 1.807) is 11.3 Å². The van der Waals surface area contributed by atoms with Crippen molar-refractivity contribution in [2.24, 2.45) is 0 Å². The average molecular weight is 324 g/mol. The van der Waals surface area contributed by atoms with Crippen LogP contribution in [0.4, 0.5) is 0 Å². The highest BCUT2D eigenvalue weighted by Crippen LogP contribution is 2.38. The van der Waals surface area contributed by atoms with Gasteiger partial charge in [0.25, 0.3) is 5.91 Å². The summed E-state index contributed by atoms with van der Waals surface area (Å²) >= 11 is 1.73. The molecule has 2 heterocycles. The number of aryl methyl sites for hydroxylation is 1. The van der Waals surface area contributed by atoms with Gasteiger partial charge in [0.2, 0.25) is 0 Å². The molecule has 0 spiro atoms. The Hall–Kier alpha value is -2.40. The molecule has 4 nitrogen and oxygen atoms in total. The number of rotatable bonds is 3. The number of thiophene rings is 1. The molecule has 4 rings (SSSR count). The number of nitrogens with zero attached hydrogens (tertiary/aromatic N) is 1. The summed E-state index contributed by atoms with van der Waals surface area (Å²) < 4.78 is 5.48. The van der Waals surface area contributed by atoms with E-state index in [-0.39, 0.29) is 11.9 Å². The molecule has 5 heteroatoms. The van der Waals surface area contributed by atoms with Gasteiger partial charge < -0.3 is 9.84 Å². The van der Waals surface area contributed by atoms with Crippen molar-refractivity contribution in [1.29, 1.82) is 0 Å². The van der Waals surface area contributed by atoms with E-state index >= 15 is 0 Å². The molecule has 1 aliphatic carbocycles. The zero-order chi connectivity index (χ0) is 15.8. The number of aromatic nitrogens is 1. The highest BCUT2D eigenvalue weighted by molar-refractivity contribution is 7.10. The van der Waals surface area contributed by atoms with E-state index in [1.807, 2.05) is 43.3 Å². The number of nitrogens with one attached hydrogen (secondary N) is 1. The number of carbonyl (C=O) groups is 1. The molecule has 1 aliphatic rings. The molecule has 0 saturated carbocycles. The van der Waals surface area contributed by atoms with Gasteiger partial charge in [-0.05, 0) is 36.8 Å². The zero-order valence-electron chi connectivity index (χ0n) is 12.7. The molecule has 23 heavy (non-hydrogen) atoms. The van der Waals surface area contributed by atoms with Gasteiger partial charge in [0.05, 0.1) is 6.04 Å². The summed E-state index contributed by atoms with van der Waals surface area (Å²) in [5.41, 5.74) is 3.49. The van der Waals surface area contributed by atoms with Gasteiger partial charge in [-0.3, -0.25) is 4.79 Å².